The summed E-state index contributed by atoms with van der Waals surface area (Å²) >= 11 is 3.32. The first-order valence-corrected chi connectivity index (χ1v) is 8.40. The highest BCUT2D eigenvalue weighted by molar-refractivity contribution is 9.10. The number of nitrogens with one attached hydrogen (secondary N) is 2. The predicted molar refractivity (Wildman–Crippen MR) is 97.1 cm³/mol. The molecule has 0 aliphatic rings. The average molecular weight is 391 g/mol. The van der Waals surface area contributed by atoms with Crippen LogP contribution in [0.15, 0.2) is 53.0 Å². The van der Waals surface area contributed by atoms with Crippen molar-refractivity contribution in [1.29, 1.82) is 0 Å². The molecule has 0 bridgehead atoms. The Morgan fingerprint density at radius 2 is 1.75 bits per heavy atom. The zero-order valence-electron chi connectivity index (χ0n) is 13.3. The van der Waals surface area contributed by atoms with Gasteiger partial charge in [0, 0.05) is 10.2 Å². The van der Waals surface area contributed by atoms with Gasteiger partial charge in [0.2, 0.25) is 5.91 Å². The van der Waals surface area contributed by atoms with E-state index < -0.39 is 0 Å². The number of carbonyl (C=O) groups excluding carboxylic acids is 2. The van der Waals surface area contributed by atoms with Crippen LogP contribution in [-0.4, -0.2) is 25.0 Å². The number of anilines is 1. The van der Waals surface area contributed by atoms with E-state index in [2.05, 4.69) is 26.6 Å². The van der Waals surface area contributed by atoms with Gasteiger partial charge in [-0.25, -0.2) is 0 Å². The smallest absolute Gasteiger partial charge is 0.258 e. The largest absolute Gasteiger partial charge is 0.484 e. The molecule has 6 heteroatoms. The van der Waals surface area contributed by atoms with E-state index in [0.717, 1.165) is 22.1 Å². The van der Waals surface area contributed by atoms with Gasteiger partial charge in [-0.1, -0.05) is 41.1 Å². The van der Waals surface area contributed by atoms with Gasteiger partial charge in [0.1, 0.15) is 5.75 Å². The second-order valence-electron chi connectivity index (χ2n) is 5.08. The van der Waals surface area contributed by atoms with Crippen LogP contribution in [0.25, 0.3) is 0 Å². The van der Waals surface area contributed by atoms with Crippen molar-refractivity contribution in [1.82, 2.24) is 5.32 Å². The molecule has 2 aromatic carbocycles. The average Bonchev–Trinajstić information content (AvgIpc) is 2.60. The Balaban J connectivity index is 1.74. The van der Waals surface area contributed by atoms with Crippen LogP contribution in [0.1, 0.15) is 12.5 Å². The van der Waals surface area contributed by atoms with Gasteiger partial charge in [-0.05, 0) is 42.3 Å². The molecule has 0 unspecified atom stereocenters. The van der Waals surface area contributed by atoms with Crippen LogP contribution < -0.4 is 15.4 Å². The highest BCUT2D eigenvalue weighted by Gasteiger charge is 2.08. The van der Waals surface area contributed by atoms with Crippen molar-refractivity contribution >= 4 is 33.4 Å². The fourth-order valence-corrected chi connectivity index (χ4v) is 2.32. The number of hydrogen-bond donors (Lipinski definition) is 2. The molecule has 0 saturated carbocycles. The van der Waals surface area contributed by atoms with E-state index in [9.17, 15) is 9.59 Å². The van der Waals surface area contributed by atoms with Crippen LogP contribution in [0.5, 0.6) is 5.75 Å². The van der Waals surface area contributed by atoms with Crippen LogP contribution in [0.4, 0.5) is 5.69 Å². The third-order valence-corrected chi connectivity index (χ3v) is 3.83. The molecular weight excluding hydrogens is 372 g/mol. The summed E-state index contributed by atoms with van der Waals surface area (Å²) in [6.07, 6.45) is 0.823. The van der Waals surface area contributed by atoms with Gasteiger partial charge < -0.3 is 15.4 Å². The Bertz CT molecular complexity index is 702. The number of benzene rings is 2. The molecule has 0 aliphatic heterocycles. The topological polar surface area (TPSA) is 67.4 Å². The fourth-order valence-electron chi connectivity index (χ4n) is 2.05. The number of amides is 2. The third-order valence-electron chi connectivity index (χ3n) is 3.30. The summed E-state index contributed by atoms with van der Waals surface area (Å²) in [4.78, 5) is 23.7. The lowest BCUT2D eigenvalue weighted by Gasteiger charge is -2.10. The first kappa shape index (κ1) is 18.0. The second kappa shape index (κ2) is 9.08. The summed E-state index contributed by atoms with van der Waals surface area (Å²) in [5, 5.41) is 5.33. The second-order valence-corrected chi connectivity index (χ2v) is 5.99. The van der Waals surface area contributed by atoms with Crippen molar-refractivity contribution in [2.24, 2.45) is 0 Å². The van der Waals surface area contributed by atoms with Gasteiger partial charge in [-0.3, -0.25) is 9.59 Å². The number of ether oxygens (including phenoxy) is 1. The lowest BCUT2D eigenvalue weighted by molar-refractivity contribution is -0.125. The van der Waals surface area contributed by atoms with Crippen LogP contribution in [0.2, 0.25) is 0 Å². The van der Waals surface area contributed by atoms with Crippen molar-refractivity contribution < 1.29 is 14.3 Å². The maximum atomic E-state index is 11.9. The van der Waals surface area contributed by atoms with Gasteiger partial charge in [0.05, 0.1) is 6.54 Å². The molecular formula is C18H19BrN2O3. The fraction of sp³-hybridized carbons (Fsp3) is 0.222. The zero-order valence-corrected chi connectivity index (χ0v) is 14.9. The first-order chi connectivity index (χ1) is 11.6. The molecule has 0 radical (unpaired) electrons. The highest BCUT2D eigenvalue weighted by Crippen LogP contribution is 2.16. The lowest BCUT2D eigenvalue weighted by atomic mass is 10.1. The molecule has 0 spiro atoms. The standard InChI is InChI=1S/C18H19BrN2O3/c1-2-13-5-3-4-6-16(13)21-17(22)11-20-18(23)12-24-15-9-7-14(19)8-10-15/h3-10H,2,11-12H2,1H3,(H,20,23)(H,21,22). The van der Waals surface area contributed by atoms with E-state index >= 15 is 0 Å². The lowest BCUT2D eigenvalue weighted by Crippen LogP contribution is -2.35. The maximum absolute atomic E-state index is 11.9. The summed E-state index contributed by atoms with van der Waals surface area (Å²) in [6, 6.07) is 14.7. The monoisotopic (exact) mass is 390 g/mol. The van der Waals surface area contributed by atoms with E-state index in [1.165, 1.54) is 0 Å². The number of para-hydroxylation sites is 1. The van der Waals surface area contributed by atoms with Crippen molar-refractivity contribution in [3.05, 3.63) is 58.6 Å². The summed E-state index contributed by atoms with van der Waals surface area (Å²) < 4.78 is 6.28. The highest BCUT2D eigenvalue weighted by atomic mass is 79.9. The molecule has 126 valence electrons. The van der Waals surface area contributed by atoms with Gasteiger partial charge in [0.15, 0.2) is 6.61 Å². The molecule has 2 aromatic rings. The summed E-state index contributed by atoms with van der Waals surface area (Å²) in [5.74, 6) is -0.0283. The molecule has 2 amide bonds. The third kappa shape index (κ3) is 5.70. The normalized spacial score (nSPS) is 10.1. The minimum Gasteiger partial charge on any atom is -0.484 e. The van der Waals surface area contributed by atoms with E-state index in [1.54, 1.807) is 12.1 Å². The molecule has 2 rings (SSSR count). The van der Waals surface area contributed by atoms with Crippen molar-refractivity contribution in [3.63, 3.8) is 0 Å². The molecule has 0 fully saturated rings. The maximum Gasteiger partial charge on any atom is 0.258 e. The van der Waals surface area contributed by atoms with Crippen LogP contribution in [0.3, 0.4) is 0 Å². The summed E-state index contributed by atoms with van der Waals surface area (Å²) in [6.45, 7) is 1.78. The Morgan fingerprint density at radius 1 is 1.04 bits per heavy atom. The molecule has 0 heterocycles. The SMILES string of the molecule is CCc1ccccc1NC(=O)CNC(=O)COc1ccc(Br)cc1. The minimum absolute atomic E-state index is 0.0966. The van der Waals surface area contributed by atoms with Crippen LogP contribution in [0, 0.1) is 0 Å². The molecule has 2 N–H and O–H groups in total. The van der Waals surface area contributed by atoms with Gasteiger partial charge in [-0.2, -0.15) is 0 Å². The Kier molecular flexibility index (Phi) is 6.81. The molecule has 0 atom stereocenters. The first-order valence-electron chi connectivity index (χ1n) is 7.61. The van der Waals surface area contributed by atoms with Gasteiger partial charge >= 0.3 is 0 Å². The van der Waals surface area contributed by atoms with Gasteiger partial charge in [-0.15, -0.1) is 0 Å². The zero-order chi connectivity index (χ0) is 17.4. The van der Waals surface area contributed by atoms with Crippen molar-refractivity contribution in [2.75, 3.05) is 18.5 Å². The molecule has 0 aliphatic carbocycles. The quantitative estimate of drug-likeness (QED) is 0.762. The number of aryl methyl sites for hydroxylation is 1. The van der Waals surface area contributed by atoms with Crippen molar-refractivity contribution in [2.45, 2.75) is 13.3 Å². The minimum atomic E-state index is -0.350. The molecule has 5 nitrogen and oxygen atoms in total. The number of hydrogen-bond acceptors (Lipinski definition) is 3. The predicted octanol–water partition coefficient (Wildman–Crippen LogP) is 3.15. The van der Waals surface area contributed by atoms with Crippen LogP contribution in [-0.2, 0) is 16.0 Å². The summed E-state index contributed by atoms with van der Waals surface area (Å²) in [7, 11) is 0. The van der Waals surface area contributed by atoms with Crippen LogP contribution >= 0.6 is 15.9 Å². The number of carbonyl (C=O) groups is 2. The number of halogens is 1. The molecule has 0 aromatic heterocycles. The Morgan fingerprint density at radius 3 is 2.46 bits per heavy atom. The van der Waals surface area contributed by atoms with E-state index in [0.29, 0.717) is 5.75 Å². The van der Waals surface area contributed by atoms with E-state index in [1.807, 2.05) is 43.3 Å². The number of rotatable bonds is 7. The summed E-state index contributed by atoms with van der Waals surface area (Å²) in [5.41, 5.74) is 1.82. The Hall–Kier alpha value is -2.34. The van der Waals surface area contributed by atoms with Crippen molar-refractivity contribution in [3.8, 4) is 5.75 Å². The Labute approximate surface area is 149 Å². The van der Waals surface area contributed by atoms with E-state index in [4.69, 9.17) is 4.74 Å². The molecule has 24 heavy (non-hydrogen) atoms. The van der Waals surface area contributed by atoms with Gasteiger partial charge in [0.25, 0.3) is 5.91 Å². The molecule has 0 saturated heterocycles. The van der Waals surface area contributed by atoms with E-state index in [-0.39, 0.29) is 25.0 Å².